The van der Waals surface area contributed by atoms with Crippen LogP contribution in [0.3, 0.4) is 0 Å². The molecule has 0 radical (unpaired) electrons. The number of nitrogens with zero attached hydrogens (tertiary/aromatic N) is 1. The van der Waals surface area contributed by atoms with E-state index in [4.69, 9.17) is 5.73 Å². The largest absolute Gasteiger partial charge is 0.324 e. The van der Waals surface area contributed by atoms with Gasteiger partial charge in [0.2, 0.25) is 0 Å². The summed E-state index contributed by atoms with van der Waals surface area (Å²) in [5, 5.41) is 0. The SMILES string of the molecule is CC1(C)CCCN(Cc2ccc3c(c2)CCCC3N)C1. The predicted octanol–water partition coefficient (Wildman–Crippen LogP) is 3.64. The fourth-order valence-electron chi connectivity index (χ4n) is 3.94. The number of rotatable bonds is 2. The first-order valence-corrected chi connectivity index (χ1v) is 8.13. The van der Waals surface area contributed by atoms with Crippen LogP contribution in [0.5, 0.6) is 0 Å². The lowest BCUT2D eigenvalue weighted by molar-refractivity contribution is 0.111. The molecule has 1 aromatic carbocycles. The van der Waals surface area contributed by atoms with Crippen molar-refractivity contribution in [2.75, 3.05) is 13.1 Å². The van der Waals surface area contributed by atoms with Crippen molar-refractivity contribution in [1.29, 1.82) is 0 Å². The summed E-state index contributed by atoms with van der Waals surface area (Å²) in [6.45, 7) is 8.37. The molecule has 1 fully saturated rings. The van der Waals surface area contributed by atoms with Crippen LogP contribution in [0, 0.1) is 5.41 Å². The van der Waals surface area contributed by atoms with Crippen molar-refractivity contribution in [3.63, 3.8) is 0 Å². The van der Waals surface area contributed by atoms with Gasteiger partial charge < -0.3 is 5.73 Å². The van der Waals surface area contributed by atoms with E-state index in [-0.39, 0.29) is 6.04 Å². The minimum absolute atomic E-state index is 0.265. The Morgan fingerprint density at radius 3 is 2.95 bits per heavy atom. The number of aryl methyl sites for hydroxylation is 1. The Morgan fingerprint density at radius 1 is 1.30 bits per heavy atom. The molecule has 1 aliphatic carbocycles. The molecular weight excluding hydrogens is 244 g/mol. The van der Waals surface area contributed by atoms with Crippen molar-refractivity contribution in [3.05, 3.63) is 34.9 Å². The van der Waals surface area contributed by atoms with Gasteiger partial charge in [-0.05, 0) is 60.8 Å². The van der Waals surface area contributed by atoms with E-state index in [1.54, 1.807) is 0 Å². The van der Waals surface area contributed by atoms with E-state index >= 15 is 0 Å². The van der Waals surface area contributed by atoms with Gasteiger partial charge in [0.25, 0.3) is 0 Å². The van der Waals surface area contributed by atoms with Gasteiger partial charge in [-0.2, -0.15) is 0 Å². The Morgan fingerprint density at radius 2 is 2.15 bits per heavy atom. The first-order chi connectivity index (χ1) is 9.53. The maximum absolute atomic E-state index is 6.21. The molecule has 2 heteroatoms. The smallest absolute Gasteiger partial charge is 0.0297 e. The first kappa shape index (κ1) is 14.1. The topological polar surface area (TPSA) is 29.3 Å². The van der Waals surface area contributed by atoms with Crippen LogP contribution < -0.4 is 5.73 Å². The molecule has 0 aromatic heterocycles. The monoisotopic (exact) mass is 272 g/mol. The molecule has 2 aliphatic rings. The average molecular weight is 272 g/mol. The van der Waals surface area contributed by atoms with Gasteiger partial charge in [0.05, 0.1) is 0 Å². The van der Waals surface area contributed by atoms with E-state index in [1.165, 1.54) is 55.5 Å². The Bertz CT molecular complexity index is 478. The number of benzene rings is 1. The highest BCUT2D eigenvalue weighted by atomic mass is 15.1. The third-order valence-electron chi connectivity index (χ3n) is 4.95. The molecule has 3 rings (SSSR count). The van der Waals surface area contributed by atoms with Gasteiger partial charge in [0.1, 0.15) is 0 Å². The number of piperidine rings is 1. The molecule has 1 heterocycles. The number of hydrogen-bond acceptors (Lipinski definition) is 2. The van der Waals surface area contributed by atoms with E-state index in [2.05, 4.69) is 36.9 Å². The molecular formula is C18H28N2. The van der Waals surface area contributed by atoms with Crippen LogP contribution >= 0.6 is 0 Å². The predicted molar refractivity (Wildman–Crippen MR) is 84.6 cm³/mol. The van der Waals surface area contributed by atoms with Crippen molar-refractivity contribution in [2.24, 2.45) is 11.1 Å². The van der Waals surface area contributed by atoms with Gasteiger partial charge in [-0.15, -0.1) is 0 Å². The fourth-order valence-corrected chi connectivity index (χ4v) is 3.94. The van der Waals surface area contributed by atoms with Gasteiger partial charge >= 0.3 is 0 Å². The number of likely N-dealkylation sites (tertiary alicyclic amines) is 1. The van der Waals surface area contributed by atoms with E-state index in [1.807, 2.05) is 0 Å². The second-order valence-electron chi connectivity index (χ2n) is 7.51. The second-order valence-corrected chi connectivity index (χ2v) is 7.51. The Hall–Kier alpha value is -0.860. The molecule has 2 N–H and O–H groups in total. The summed E-state index contributed by atoms with van der Waals surface area (Å²) in [6.07, 6.45) is 6.30. The highest BCUT2D eigenvalue weighted by Gasteiger charge is 2.26. The molecule has 110 valence electrons. The molecule has 2 nitrogen and oxygen atoms in total. The van der Waals surface area contributed by atoms with Crippen LogP contribution in [-0.2, 0) is 13.0 Å². The lowest BCUT2D eigenvalue weighted by atomic mass is 9.83. The third-order valence-corrected chi connectivity index (χ3v) is 4.95. The molecule has 1 aliphatic heterocycles. The van der Waals surface area contributed by atoms with Crippen LogP contribution in [0.2, 0.25) is 0 Å². The van der Waals surface area contributed by atoms with Crippen LogP contribution in [-0.4, -0.2) is 18.0 Å². The van der Waals surface area contributed by atoms with Crippen molar-refractivity contribution >= 4 is 0 Å². The van der Waals surface area contributed by atoms with Gasteiger partial charge in [0.15, 0.2) is 0 Å². The molecule has 20 heavy (non-hydrogen) atoms. The van der Waals surface area contributed by atoms with Gasteiger partial charge in [-0.1, -0.05) is 32.0 Å². The maximum atomic E-state index is 6.21. The number of hydrogen-bond donors (Lipinski definition) is 1. The molecule has 1 atom stereocenters. The maximum Gasteiger partial charge on any atom is 0.0297 e. The Kier molecular flexibility index (Phi) is 3.87. The van der Waals surface area contributed by atoms with E-state index in [9.17, 15) is 0 Å². The van der Waals surface area contributed by atoms with Gasteiger partial charge in [-0.25, -0.2) is 0 Å². The molecule has 1 saturated heterocycles. The summed E-state index contributed by atoms with van der Waals surface area (Å²) >= 11 is 0. The number of fused-ring (bicyclic) bond motifs is 1. The molecule has 0 bridgehead atoms. The number of nitrogens with two attached hydrogens (primary N) is 1. The zero-order valence-corrected chi connectivity index (χ0v) is 13.0. The van der Waals surface area contributed by atoms with Crippen molar-refractivity contribution < 1.29 is 0 Å². The Balaban J connectivity index is 1.72. The normalized spacial score (nSPS) is 26.2. The molecule has 0 spiro atoms. The second kappa shape index (κ2) is 5.50. The fraction of sp³-hybridized carbons (Fsp3) is 0.667. The average Bonchev–Trinajstić information content (AvgIpc) is 2.37. The third kappa shape index (κ3) is 3.07. The molecule has 0 amide bonds. The summed E-state index contributed by atoms with van der Waals surface area (Å²) in [4.78, 5) is 2.62. The summed E-state index contributed by atoms with van der Waals surface area (Å²) < 4.78 is 0. The summed E-state index contributed by atoms with van der Waals surface area (Å²) in [7, 11) is 0. The lowest BCUT2D eigenvalue weighted by Crippen LogP contribution is -2.39. The lowest BCUT2D eigenvalue weighted by Gasteiger charge is -2.38. The molecule has 0 saturated carbocycles. The van der Waals surface area contributed by atoms with Crippen molar-refractivity contribution in [1.82, 2.24) is 4.90 Å². The minimum Gasteiger partial charge on any atom is -0.324 e. The Labute approximate surface area is 123 Å². The first-order valence-electron chi connectivity index (χ1n) is 8.13. The van der Waals surface area contributed by atoms with Crippen LogP contribution in [0.1, 0.15) is 62.3 Å². The molecule has 1 aromatic rings. The van der Waals surface area contributed by atoms with E-state index < -0.39 is 0 Å². The van der Waals surface area contributed by atoms with E-state index in [0.717, 1.165) is 13.0 Å². The zero-order chi connectivity index (χ0) is 14.2. The van der Waals surface area contributed by atoms with Crippen LogP contribution in [0.4, 0.5) is 0 Å². The highest BCUT2D eigenvalue weighted by molar-refractivity contribution is 5.36. The highest BCUT2D eigenvalue weighted by Crippen LogP contribution is 2.31. The van der Waals surface area contributed by atoms with Crippen LogP contribution in [0.15, 0.2) is 18.2 Å². The zero-order valence-electron chi connectivity index (χ0n) is 13.0. The summed E-state index contributed by atoms with van der Waals surface area (Å²) in [5.41, 5.74) is 11.0. The minimum atomic E-state index is 0.265. The van der Waals surface area contributed by atoms with Crippen LogP contribution in [0.25, 0.3) is 0 Å². The quantitative estimate of drug-likeness (QED) is 0.890. The standard InChI is InChI=1S/C18H28N2/c1-18(2)9-4-10-20(13-18)12-14-7-8-16-15(11-14)5-3-6-17(16)19/h7-8,11,17H,3-6,9-10,12-13,19H2,1-2H3. The molecule has 1 unspecified atom stereocenters. The van der Waals surface area contributed by atoms with Gasteiger partial charge in [-0.3, -0.25) is 4.90 Å². The van der Waals surface area contributed by atoms with E-state index in [0.29, 0.717) is 5.41 Å². The van der Waals surface area contributed by atoms with Crippen molar-refractivity contribution in [2.45, 2.75) is 58.5 Å². The summed E-state index contributed by atoms with van der Waals surface area (Å²) in [5.74, 6) is 0. The van der Waals surface area contributed by atoms with Crippen molar-refractivity contribution in [3.8, 4) is 0 Å². The van der Waals surface area contributed by atoms with Gasteiger partial charge in [0, 0.05) is 19.1 Å². The summed E-state index contributed by atoms with van der Waals surface area (Å²) in [6, 6.07) is 7.26.